The van der Waals surface area contributed by atoms with Crippen LogP contribution < -0.4 is 0 Å². The fourth-order valence-corrected chi connectivity index (χ4v) is 6.03. The Balaban J connectivity index is 1.50. The molecule has 0 bridgehead atoms. The number of aliphatic hydroxyl groups is 2. The Bertz CT molecular complexity index is 945. The van der Waals surface area contributed by atoms with E-state index in [1.807, 2.05) is 60.7 Å². The van der Waals surface area contributed by atoms with E-state index in [1.165, 1.54) is 0 Å². The van der Waals surface area contributed by atoms with Gasteiger partial charge in [-0.2, -0.15) is 0 Å². The van der Waals surface area contributed by atoms with Crippen molar-refractivity contribution in [1.82, 2.24) is 0 Å². The van der Waals surface area contributed by atoms with E-state index in [9.17, 15) is 10.2 Å². The number of allylic oxidation sites excluding steroid dienone is 1. The van der Waals surface area contributed by atoms with Gasteiger partial charge in [0, 0.05) is 11.8 Å². The Morgan fingerprint density at radius 3 is 2.24 bits per heavy atom. The van der Waals surface area contributed by atoms with Crippen molar-refractivity contribution in [2.45, 2.75) is 76.0 Å². The number of hydrogen-bond acceptors (Lipinski definition) is 5. The van der Waals surface area contributed by atoms with E-state index in [0.717, 1.165) is 36.0 Å². The summed E-state index contributed by atoms with van der Waals surface area (Å²) in [4.78, 5) is 0. The maximum atomic E-state index is 12.2. The molecule has 33 heavy (non-hydrogen) atoms. The van der Waals surface area contributed by atoms with Gasteiger partial charge >= 0.3 is 0 Å². The minimum atomic E-state index is -1.15. The molecule has 176 valence electrons. The quantitative estimate of drug-likeness (QED) is 0.585. The number of aliphatic hydroxyl groups excluding tert-OH is 1. The predicted octanol–water partition coefficient (Wildman–Crippen LogP) is 4.37. The lowest BCUT2D eigenvalue weighted by atomic mass is 9.61. The third kappa shape index (κ3) is 4.29. The third-order valence-corrected chi connectivity index (χ3v) is 7.48. The average Bonchev–Trinajstić information content (AvgIpc) is 3.18. The van der Waals surface area contributed by atoms with Gasteiger partial charge in [-0.3, -0.25) is 0 Å². The lowest BCUT2D eigenvalue weighted by Crippen LogP contribution is -2.64. The largest absolute Gasteiger partial charge is 0.383 e. The van der Waals surface area contributed by atoms with E-state index in [4.69, 9.17) is 14.2 Å². The summed E-state index contributed by atoms with van der Waals surface area (Å²) in [5.74, 6) is -0.0704. The highest BCUT2D eigenvalue weighted by molar-refractivity contribution is 5.34. The average molecular weight is 451 g/mol. The standard InChI is InChI=1S/C28H34O5/c1-2-16-28(30)22-15-9-14-21-23(22)24(33-27(21)29)25(31-17-19-10-5-3-6-11-19)26(28)32-18-20-12-7-4-8-13-20/h3-8,10-13,15,21,23-27,29-30H,2,9,14,16-18H2,1H3/t21-,23-,24-,25+,26-,27-,28+/m1/s1. The second-order valence-corrected chi connectivity index (χ2v) is 9.57. The molecule has 0 aromatic heterocycles. The smallest absolute Gasteiger partial charge is 0.158 e. The van der Waals surface area contributed by atoms with Crippen molar-refractivity contribution in [3.63, 3.8) is 0 Å². The summed E-state index contributed by atoms with van der Waals surface area (Å²) in [7, 11) is 0. The Labute approximate surface area is 196 Å². The van der Waals surface area contributed by atoms with E-state index in [2.05, 4.69) is 13.0 Å². The molecular formula is C28H34O5. The zero-order chi connectivity index (χ0) is 22.8. The first-order valence-electron chi connectivity index (χ1n) is 12.2. The molecule has 2 N–H and O–H groups in total. The van der Waals surface area contributed by atoms with Crippen molar-refractivity contribution in [2.75, 3.05) is 0 Å². The Morgan fingerprint density at radius 2 is 1.61 bits per heavy atom. The first-order chi connectivity index (χ1) is 16.1. The van der Waals surface area contributed by atoms with Crippen LogP contribution >= 0.6 is 0 Å². The molecule has 2 fully saturated rings. The Hall–Kier alpha value is -2.02. The summed E-state index contributed by atoms with van der Waals surface area (Å²) < 4.78 is 19.1. The molecule has 7 atom stereocenters. The van der Waals surface area contributed by atoms with Crippen LogP contribution in [0.15, 0.2) is 72.3 Å². The summed E-state index contributed by atoms with van der Waals surface area (Å²) >= 11 is 0. The molecule has 1 aliphatic heterocycles. The van der Waals surface area contributed by atoms with Crippen LogP contribution in [-0.4, -0.2) is 40.4 Å². The zero-order valence-corrected chi connectivity index (χ0v) is 19.2. The lowest BCUT2D eigenvalue weighted by Gasteiger charge is -2.52. The predicted molar refractivity (Wildman–Crippen MR) is 125 cm³/mol. The molecule has 1 heterocycles. The zero-order valence-electron chi connectivity index (χ0n) is 19.2. The summed E-state index contributed by atoms with van der Waals surface area (Å²) in [6.45, 7) is 2.85. The summed E-state index contributed by atoms with van der Waals surface area (Å²) in [5, 5.41) is 23.0. The van der Waals surface area contributed by atoms with Gasteiger partial charge in [-0.05, 0) is 36.0 Å². The van der Waals surface area contributed by atoms with Crippen LogP contribution in [0.4, 0.5) is 0 Å². The van der Waals surface area contributed by atoms with E-state index in [-0.39, 0.29) is 17.9 Å². The van der Waals surface area contributed by atoms with Gasteiger partial charge in [-0.25, -0.2) is 0 Å². The molecule has 0 spiro atoms. The van der Waals surface area contributed by atoms with Gasteiger partial charge in [-0.1, -0.05) is 80.1 Å². The fraction of sp³-hybridized carbons (Fsp3) is 0.500. The summed E-state index contributed by atoms with van der Waals surface area (Å²) in [6.07, 6.45) is 2.96. The molecule has 1 saturated heterocycles. The van der Waals surface area contributed by atoms with Gasteiger partial charge in [-0.15, -0.1) is 0 Å². The highest BCUT2D eigenvalue weighted by atomic mass is 16.6. The molecule has 0 radical (unpaired) electrons. The number of hydrogen-bond donors (Lipinski definition) is 2. The molecule has 2 aromatic carbocycles. The number of ether oxygens (including phenoxy) is 3. The van der Waals surface area contributed by atoms with Gasteiger partial charge in [0.05, 0.1) is 19.3 Å². The van der Waals surface area contributed by atoms with E-state index < -0.39 is 24.1 Å². The second-order valence-electron chi connectivity index (χ2n) is 9.57. The Morgan fingerprint density at radius 1 is 0.970 bits per heavy atom. The molecule has 2 aromatic rings. The van der Waals surface area contributed by atoms with Crippen molar-refractivity contribution in [2.24, 2.45) is 11.8 Å². The molecule has 1 saturated carbocycles. The second kappa shape index (κ2) is 9.69. The van der Waals surface area contributed by atoms with E-state index in [1.54, 1.807) is 0 Å². The van der Waals surface area contributed by atoms with Crippen LogP contribution in [0.25, 0.3) is 0 Å². The summed E-state index contributed by atoms with van der Waals surface area (Å²) in [6, 6.07) is 20.0. The van der Waals surface area contributed by atoms with Crippen LogP contribution in [0.3, 0.4) is 0 Å². The van der Waals surface area contributed by atoms with Crippen LogP contribution in [0.1, 0.15) is 43.7 Å². The maximum Gasteiger partial charge on any atom is 0.158 e. The van der Waals surface area contributed by atoms with Crippen LogP contribution in [0, 0.1) is 11.8 Å². The van der Waals surface area contributed by atoms with Crippen molar-refractivity contribution in [1.29, 1.82) is 0 Å². The molecule has 2 aliphatic carbocycles. The minimum absolute atomic E-state index is 0.0173. The molecule has 5 nitrogen and oxygen atoms in total. The first kappa shape index (κ1) is 22.8. The molecule has 0 unspecified atom stereocenters. The van der Waals surface area contributed by atoms with Crippen LogP contribution in [0.2, 0.25) is 0 Å². The SMILES string of the molecule is CCC[C@]1(O)C2=CCC[C@@H]3[C@H]2[C@@H](O[C@H]3O)[C@H](OCc2ccccc2)[C@H]1OCc1ccccc1. The maximum absolute atomic E-state index is 12.2. The highest BCUT2D eigenvalue weighted by Crippen LogP contribution is 2.54. The van der Waals surface area contributed by atoms with Gasteiger partial charge in [0.2, 0.25) is 0 Å². The van der Waals surface area contributed by atoms with Crippen LogP contribution in [0.5, 0.6) is 0 Å². The van der Waals surface area contributed by atoms with Gasteiger partial charge in [0.25, 0.3) is 0 Å². The number of rotatable bonds is 8. The van der Waals surface area contributed by atoms with Crippen molar-refractivity contribution in [3.8, 4) is 0 Å². The minimum Gasteiger partial charge on any atom is -0.383 e. The van der Waals surface area contributed by atoms with Crippen molar-refractivity contribution < 1.29 is 24.4 Å². The van der Waals surface area contributed by atoms with E-state index in [0.29, 0.717) is 19.6 Å². The van der Waals surface area contributed by atoms with Gasteiger partial charge < -0.3 is 24.4 Å². The van der Waals surface area contributed by atoms with Crippen LogP contribution in [-0.2, 0) is 27.4 Å². The molecule has 5 rings (SSSR count). The van der Waals surface area contributed by atoms with Crippen molar-refractivity contribution in [3.05, 3.63) is 83.4 Å². The molecule has 3 aliphatic rings. The fourth-order valence-electron chi connectivity index (χ4n) is 6.03. The first-order valence-corrected chi connectivity index (χ1v) is 12.2. The molecule has 5 heteroatoms. The van der Waals surface area contributed by atoms with Gasteiger partial charge in [0.1, 0.15) is 17.8 Å². The third-order valence-electron chi connectivity index (χ3n) is 7.48. The van der Waals surface area contributed by atoms with Gasteiger partial charge in [0.15, 0.2) is 6.29 Å². The monoisotopic (exact) mass is 450 g/mol. The Kier molecular flexibility index (Phi) is 6.68. The molecular weight excluding hydrogens is 416 g/mol. The normalized spacial score (nSPS) is 35.2. The summed E-state index contributed by atoms with van der Waals surface area (Å²) in [5.41, 5.74) is 1.92. The lowest BCUT2D eigenvalue weighted by molar-refractivity contribution is -0.229. The highest BCUT2D eigenvalue weighted by Gasteiger charge is 2.63. The van der Waals surface area contributed by atoms with E-state index >= 15 is 0 Å². The number of benzene rings is 2. The topological polar surface area (TPSA) is 68.2 Å². The van der Waals surface area contributed by atoms with Crippen molar-refractivity contribution >= 4 is 0 Å². The molecule has 0 amide bonds.